The lowest BCUT2D eigenvalue weighted by molar-refractivity contribution is 0.219. The monoisotopic (exact) mass is 335 g/mol. The van der Waals surface area contributed by atoms with Gasteiger partial charge in [-0.25, -0.2) is 14.2 Å². The highest BCUT2D eigenvalue weighted by atomic mass is 32.1. The number of carbonyl (C=O) groups excluding carboxylic acids is 1. The van der Waals surface area contributed by atoms with Gasteiger partial charge in [-0.2, -0.15) is 0 Å². The third-order valence-electron chi connectivity index (χ3n) is 3.68. The summed E-state index contributed by atoms with van der Waals surface area (Å²) in [5.41, 5.74) is 0.675. The van der Waals surface area contributed by atoms with Crippen LogP contribution in [0.1, 0.15) is 34.8 Å². The quantitative estimate of drug-likeness (QED) is 0.902. The summed E-state index contributed by atoms with van der Waals surface area (Å²) in [7, 11) is 0. The average Bonchev–Trinajstić information content (AvgIpc) is 3.02. The summed E-state index contributed by atoms with van der Waals surface area (Å²) in [4.78, 5) is 17.5. The van der Waals surface area contributed by atoms with Crippen molar-refractivity contribution >= 4 is 17.4 Å². The molecular formula is C16H18FN3O2S. The Kier molecular flexibility index (Phi) is 4.76. The smallest absolute Gasteiger partial charge is 0.315 e. The lowest BCUT2D eigenvalue weighted by atomic mass is 10.0. The molecule has 0 spiro atoms. The third-order valence-corrected chi connectivity index (χ3v) is 4.82. The molecule has 3 rings (SSSR count). The highest BCUT2D eigenvalue weighted by Gasteiger charge is 2.25. The first-order chi connectivity index (χ1) is 11.2. The molecule has 1 atom stereocenters. The summed E-state index contributed by atoms with van der Waals surface area (Å²) in [6, 6.07) is 4.21. The summed E-state index contributed by atoms with van der Waals surface area (Å²) in [6.07, 6.45) is 3.38. The Hall–Kier alpha value is -2.15. The lowest BCUT2D eigenvalue weighted by Crippen LogP contribution is -2.39. The second-order valence-corrected chi connectivity index (χ2v) is 6.45. The maximum atomic E-state index is 13.7. The molecule has 1 aliphatic rings. The minimum absolute atomic E-state index is 0.233. The van der Waals surface area contributed by atoms with Crippen molar-refractivity contribution in [1.82, 2.24) is 15.6 Å². The van der Waals surface area contributed by atoms with Crippen LogP contribution >= 0.6 is 11.3 Å². The van der Waals surface area contributed by atoms with Gasteiger partial charge in [-0.1, -0.05) is 19.1 Å². The molecule has 2 N–H and O–H groups in total. The van der Waals surface area contributed by atoms with Gasteiger partial charge in [0.1, 0.15) is 5.01 Å². The number of urea groups is 1. The van der Waals surface area contributed by atoms with Crippen LogP contribution in [0.4, 0.5) is 9.18 Å². The van der Waals surface area contributed by atoms with E-state index >= 15 is 0 Å². The van der Waals surface area contributed by atoms with Crippen LogP contribution in [0.15, 0.2) is 24.4 Å². The van der Waals surface area contributed by atoms with Crippen LogP contribution in [0.2, 0.25) is 0 Å². The molecule has 7 heteroatoms. The van der Waals surface area contributed by atoms with Crippen molar-refractivity contribution in [1.29, 1.82) is 0 Å². The second kappa shape index (κ2) is 6.95. The normalized spacial score (nSPS) is 16.3. The molecule has 0 bridgehead atoms. The first kappa shape index (κ1) is 15.7. The van der Waals surface area contributed by atoms with Crippen molar-refractivity contribution in [2.45, 2.75) is 32.4 Å². The van der Waals surface area contributed by atoms with E-state index in [0.29, 0.717) is 25.1 Å². The van der Waals surface area contributed by atoms with E-state index in [9.17, 15) is 9.18 Å². The Bertz CT molecular complexity index is 704. The molecule has 2 aromatic rings. The van der Waals surface area contributed by atoms with Crippen LogP contribution in [0.5, 0.6) is 5.75 Å². The molecule has 23 heavy (non-hydrogen) atoms. The molecule has 0 saturated heterocycles. The number of rotatable bonds is 4. The summed E-state index contributed by atoms with van der Waals surface area (Å²) in [6.45, 7) is 2.83. The van der Waals surface area contributed by atoms with Gasteiger partial charge >= 0.3 is 6.03 Å². The van der Waals surface area contributed by atoms with E-state index in [1.54, 1.807) is 23.5 Å². The lowest BCUT2D eigenvalue weighted by Gasteiger charge is -2.26. The summed E-state index contributed by atoms with van der Waals surface area (Å²) < 4.78 is 19.1. The van der Waals surface area contributed by atoms with Crippen LogP contribution in [-0.2, 0) is 13.0 Å². The zero-order valence-electron chi connectivity index (χ0n) is 12.8. The second-order valence-electron chi connectivity index (χ2n) is 5.25. The minimum atomic E-state index is -0.399. The van der Waals surface area contributed by atoms with E-state index < -0.39 is 5.82 Å². The Morgan fingerprint density at radius 3 is 3.17 bits per heavy atom. The Labute approximate surface area is 137 Å². The van der Waals surface area contributed by atoms with Gasteiger partial charge in [-0.05, 0) is 12.5 Å². The number of thiazole rings is 1. The Balaban J connectivity index is 1.59. The fraction of sp³-hybridized carbons (Fsp3) is 0.375. The van der Waals surface area contributed by atoms with Gasteiger partial charge in [-0.3, -0.25) is 0 Å². The first-order valence-electron chi connectivity index (χ1n) is 7.56. The highest BCUT2D eigenvalue weighted by molar-refractivity contribution is 7.11. The molecule has 1 aromatic carbocycles. The van der Waals surface area contributed by atoms with Crippen LogP contribution in [0.25, 0.3) is 0 Å². The number of para-hydroxylation sites is 1. The summed E-state index contributed by atoms with van der Waals surface area (Å²) in [5.74, 6) is -0.166. The maximum Gasteiger partial charge on any atom is 0.315 e. The maximum absolute atomic E-state index is 13.7. The number of ether oxygens (including phenoxy) is 1. The van der Waals surface area contributed by atoms with Gasteiger partial charge in [0.15, 0.2) is 11.6 Å². The molecule has 0 unspecified atom stereocenters. The van der Waals surface area contributed by atoms with Crippen molar-refractivity contribution in [3.05, 3.63) is 45.7 Å². The van der Waals surface area contributed by atoms with Crippen molar-refractivity contribution in [2.24, 2.45) is 0 Å². The minimum Gasteiger partial charge on any atom is -0.490 e. The standard InChI is InChI=1S/C16H18FN3O2S/c1-2-10-8-18-14(23-10)9-19-16(21)20-13-6-7-22-15-11(13)4-3-5-12(15)17/h3-5,8,13H,2,6-7,9H2,1H3,(H2,19,20,21)/t13-/m0/s1. The number of halogens is 1. The van der Waals surface area contributed by atoms with Gasteiger partial charge in [0.25, 0.3) is 0 Å². The zero-order chi connectivity index (χ0) is 16.2. The number of aromatic nitrogens is 1. The van der Waals surface area contributed by atoms with Crippen LogP contribution in [0, 0.1) is 5.82 Å². The zero-order valence-corrected chi connectivity index (χ0v) is 13.6. The Morgan fingerprint density at radius 2 is 2.39 bits per heavy atom. The van der Waals surface area contributed by atoms with Crippen molar-refractivity contribution in [2.75, 3.05) is 6.61 Å². The molecule has 2 heterocycles. The van der Waals surface area contributed by atoms with E-state index in [-0.39, 0.29) is 17.8 Å². The largest absolute Gasteiger partial charge is 0.490 e. The molecule has 0 aliphatic carbocycles. The van der Waals surface area contributed by atoms with Crippen molar-refractivity contribution in [3.8, 4) is 5.75 Å². The topological polar surface area (TPSA) is 63.2 Å². The average molecular weight is 335 g/mol. The number of hydrogen-bond acceptors (Lipinski definition) is 4. The Morgan fingerprint density at radius 1 is 1.52 bits per heavy atom. The van der Waals surface area contributed by atoms with Crippen molar-refractivity contribution in [3.63, 3.8) is 0 Å². The predicted octanol–water partition coefficient (Wildman–Crippen LogP) is 3.17. The third kappa shape index (κ3) is 3.61. The highest BCUT2D eigenvalue weighted by Crippen LogP contribution is 2.33. The van der Waals surface area contributed by atoms with Crippen molar-refractivity contribution < 1.29 is 13.9 Å². The molecule has 1 aromatic heterocycles. The number of nitrogens with one attached hydrogen (secondary N) is 2. The number of aryl methyl sites for hydroxylation is 1. The van der Waals surface area contributed by atoms with Gasteiger partial charge in [-0.15, -0.1) is 11.3 Å². The molecular weight excluding hydrogens is 317 g/mol. The molecule has 5 nitrogen and oxygen atoms in total. The number of benzene rings is 1. The summed E-state index contributed by atoms with van der Waals surface area (Å²) in [5, 5.41) is 6.54. The molecule has 0 fully saturated rings. The molecule has 0 radical (unpaired) electrons. The van der Waals surface area contributed by atoms with Gasteiger partial charge in [0, 0.05) is 23.1 Å². The first-order valence-corrected chi connectivity index (χ1v) is 8.38. The van der Waals surface area contributed by atoms with E-state index in [1.807, 2.05) is 6.20 Å². The molecule has 0 saturated carbocycles. The van der Waals surface area contributed by atoms with Gasteiger partial charge in [0.05, 0.1) is 19.2 Å². The predicted molar refractivity (Wildman–Crippen MR) is 86.1 cm³/mol. The van der Waals surface area contributed by atoms with E-state index in [0.717, 1.165) is 11.4 Å². The number of hydrogen-bond donors (Lipinski definition) is 2. The molecule has 1 aliphatic heterocycles. The number of amides is 2. The fourth-order valence-electron chi connectivity index (χ4n) is 2.49. The van der Waals surface area contributed by atoms with Crippen LogP contribution in [0.3, 0.4) is 0 Å². The molecule has 2 amide bonds. The van der Waals surface area contributed by atoms with Crippen LogP contribution < -0.4 is 15.4 Å². The van der Waals surface area contributed by atoms with E-state index in [1.165, 1.54) is 10.9 Å². The summed E-state index contributed by atoms with van der Waals surface area (Å²) >= 11 is 1.59. The van der Waals surface area contributed by atoms with Crippen LogP contribution in [-0.4, -0.2) is 17.6 Å². The SMILES string of the molecule is CCc1cnc(CNC(=O)N[C@H]2CCOc3c(F)cccc32)s1. The number of carbonyl (C=O) groups is 1. The van der Waals surface area contributed by atoms with Gasteiger partial charge in [0.2, 0.25) is 0 Å². The molecule has 122 valence electrons. The number of fused-ring (bicyclic) bond motifs is 1. The van der Waals surface area contributed by atoms with Gasteiger partial charge < -0.3 is 15.4 Å². The van der Waals surface area contributed by atoms with E-state index in [4.69, 9.17) is 4.74 Å². The number of nitrogens with zero attached hydrogens (tertiary/aromatic N) is 1. The van der Waals surface area contributed by atoms with E-state index in [2.05, 4.69) is 22.5 Å². The fourth-order valence-corrected chi connectivity index (χ4v) is 3.30.